The number of carbonyl (C=O) groups is 2. The number of pyridine rings is 1. The molecule has 120 valence electrons. The van der Waals surface area contributed by atoms with Crippen LogP contribution in [-0.2, 0) is 6.54 Å². The Kier molecular flexibility index (Phi) is 2.88. The van der Waals surface area contributed by atoms with Crippen LogP contribution in [0.4, 0.5) is 4.79 Å². The van der Waals surface area contributed by atoms with Crippen molar-refractivity contribution in [3.8, 4) is 0 Å². The molecular weight excluding hydrogens is 296 g/mol. The third-order valence-corrected chi connectivity index (χ3v) is 5.22. The fourth-order valence-corrected chi connectivity index (χ4v) is 3.70. The summed E-state index contributed by atoms with van der Waals surface area (Å²) >= 11 is 0. The molecule has 0 aromatic carbocycles. The monoisotopic (exact) mass is 314 g/mol. The highest BCUT2D eigenvalue weighted by Crippen LogP contribution is 2.37. The lowest BCUT2D eigenvalue weighted by Crippen LogP contribution is -2.56. The summed E-state index contributed by atoms with van der Waals surface area (Å²) in [5, 5.41) is 10.0. The lowest BCUT2D eigenvalue weighted by molar-refractivity contribution is 0.0237. The Morgan fingerprint density at radius 2 is 2.13 bits per heavy atom. The summed E-state index contributed by atoms with van der Waals surface area (Å²) in [7, 11) is 0. The Hall–Kier alpha value is -2.57. The number of rotatable bonds is 1. The van der Waals surface area contributed by atoms with Gasteiger partial charge >= 0.3 is 6.09 Å². The quantitative estimate of drug-likeness (QED) is 0.843. The van der Waals surface area contributed by atoms with Gasteiger partial charge in [-0.15, -0.1) is 0 Å². The molecule has 0 atom stereocenters. The molecule has 4 heterocycles. The van der Waals surface area contributed by atoms with E-state index in [1.807, 2.05) is 11.1 Å². The molecule has 0 bridgehead atoms. The standard InChI is InChI=1S/C16H18N4O3/c1-16(3-6-19(7-4-16)15(22)23)20-9-10-8-18-13-12(10)11(14(20)21)2-5-17-13/h2,5,8H,3-4,6-7,9H2,1H3,(H,17,18)(H,22,23). The van der Waals surface area contributed by atoms with Crippen LogP contribution in [0.15, 0.2) is 18.5 Å². The molecule has 4 rings (SSSR count). The number of hydrogen-bond acceptors (Lipinski definition) is 3. The number of piperidine rings is 1. The number of aromatic nitrogens is 2. The van der Waals surface area contributed by atoms with Crippen LogP contribution in [0.25, 0.3) is 11.0 Å². The molecule has 2 aliphatic heterocycles. The average Bonchev–Trinajstić information content (AvgIpc) is 2.95. The number of carboxylic acid groups (broad SMARTS) is 1. The Labute approximate surface area is 132 Å². The average molecular weight is 314 g/mol. The van der Waals surface area contributed by atoms with E-state index in [4.69, 9.17) is 5.11 Å². The van der Waals surface area contributed by atoms with Crippen molar-refractivity contribution in [2.24, 2.45) is 0 Å². The van der Waals surface area contributed by atoms with Gasteiger partial charge in [0, 0.05) is 43.0 Å². The molecule has 1 saturated heterocycles. The van der Waals surface area contributed by atoms with Crippen molar-refractivity contribution < 1.29 is 14.7 Å². The zero-order chi connectivity index (χ0) is 16.2. The van der Waals surface area contributed by atoms with Crippen LogP contribution in [0.3, 0.4) is 0 Å². The summed E-state index contributed by atoms with van der Waals surface area (Å²) in [5.74, 6) is 0.00998. The van der Waals surface area contributed by atoms with E-state index in [0.29, 0.717) is 38.0 Å². The minimum Gasteiger partial charge on any atom is -0.465 e. The number of aromatic amines is 1. The normalized spacial score (nSPS) is 20.1. The number of likely N-dealkylation sites (tertiary alicyclic amines) is 1. The topological polar surface area (TPSA) is 89.5 Å². The van der Waals surface area contributed by atoms with Gasteiger partial charge in [0.1, 0.15) is 5.65 Å². The number of nitrogens with one attached hydrogen (secondary N) is 1. The third kappa shape index (κ3) is 1.99. The lowest BCUT2D eigenvalue weighted by atomic mass is 9.85. The minimum atomic E-state index is -0.888. The molecule has 2 aromatic heterocycles. The molecule has 0 aliphatic carbocycles. The number of hydrogen-bond donors (Lipinski definition) is 2. The SMILES string of the molecule is CC1(N2Cc3c[nH]c4nccc(c34)C2=O)CCN(C(=O)O)CC1. The van der Waals surface area contributed by atoms with Gasteiger partial charge < -0.3 is 19.9 Å². The van der Waals surface area contributed by atoms with Crippen LogP contribution in [-0.4, -0.2) is 55.5 Å². The lowest BCUT2D eigenvalue weighted by Gasteiger charge is -2.47. The van der Waals surface area contributed by atoms with Crippen molar-refractivity contribution in [3.05, 3.63) is 29.6 Å². The molecule has 7 heteroatoms. The van der Waals surface area contributed by atoms with Gasteiger partial charge in [0.15, 0.2) is 0 Å². The highest BCUT2D eigenvalue weighted by Gasteiger charge is 2.42. The van der Waals surface area contributed by atoms with E-state index in [9.17, 15) is 9.59 Å². The molecular formula is C16H18N4O3. The molecule has 0 saturated carbocycles. The summed E-state index contributed by atoms with van der Waals surface area (Å²) in [5.41, 5.74) is 2.17. The van der Waals surface area contributed by atoms with E-state index in [-0.39, 0.29) is 11.4 Å². The number of amides is 2. The van der Waals surface area contributed by atoms with E-state index in [1.165, 1.54) is 4.90 Å². The molecule has 2 N–H and O–H groups in total. The first-order valence-electron chi connectivity index (χ1n) is 7.74. The molecule has 0 spiro atoms. The van der Waals surface area contributed by atoms with Crippen molar-refractivity contribution in [1.82, 2.24) is 19.8 Å². The highest BCUT2D eigenvalue weighted by molar-refractivity contribution is 6.08. The molecule has 7 nitrogen and oxygen atoms in total. The second-order valence-electron chi connectivity index (χ2n) is 6.55. The first-order valence-corrected chi connectivity index (χ1v) is 7.74. The number of carbonyl (C=O) groups excluding carboxylic acids is 1. The Bertz CT molecular complexity index is 805. The third-order valence-electron chi connectivity index (χ3n) is 5.22. The van der Waals surface area contributed by atoms with Gasteiger partial charge in [0.25, 0.3) is 5.91 Å². The predicted octanol–water partition coefficient (Wildman–Crippen LogP) is 2.05. The largest absolute Gasteiger partial charge is 0.465 e. The zero-order valence-electron chi connectivity index (χ0n) is 12.9. The van der Waals surface area contributed by atoms with Gasteiger partial charge in [-0.2, -0.15) is 0 Å². The number of H-pyrrole nitrogens is 1. The van der Waals surface area contributed by atoms with Crippen molar-refractivity contribution >= 4 is 23.0 Å². The Morgan fingerprint density at radius 3 is 2.83 bits per heavy atom. The van der Waals surface area contributed by atoms with Crippen LogP contribution in [0, 0.1) is 0 Å². The Balaban J connectivity index is 1.67. The van der Waals surface area contributed by atoms with Crippen LogP contribution in [0.1, 0.15) is 35.7 Å². The van der Waals surface area contributed by atoms with Crippen LogP contribution >= 0.6 is 0 Å². The second-order valence-corrected chi connectivity index (χ2v) is 6.55. The van der Waals surface area contributed by atoms with Gasteiger partial charge in [-0.25, -0.2) is 9.78 Å². The Morgan fingerprint density at radius 1 is 1.39 bits per heavy atom. The first kappa shape index (κ1) is 14.0. The van der Waals surface area contributed by atoms with Gasteiger partial charge in [0.05, 0.1) is 5.56 Å². The molecule has 23 heavy (non-hydrogen) atoms. The summed E-state index contributed by atoms with van der Waals surface area (Å²) in [6.07, 6.45) is 3.98. The van der Waals surface area contributed by atoms with Crippen LogP contribution < -0.4 is 0 Å². The molecule has 1 fully saturated rings. The van der Waals surface area contributed by atoms with Crippen molar-refractivity contribution in [2.75, 3.05) is 13.1 Å². The smallest absolute Gasteiger partial charge is 0.407 e. The fraction of sp³-hybridized carbons (Fsp3) is 0.438. The van der Waals surface area contributed by atoms with Gasteiger partial charge in [-0.05, 0) is 31.4 Å². The maximum Gasteiger partial charge on any atom is 0.407 e. The highest BCUT2D eigenvalue weighted by atomic mass is 16.4. The molecule has 0 unspecified atom stereocenters. The van der Waals surface area contributed by atoms with Crippen LogP contribution in [0.2, 0.25) is 0 Å². The van der Waals surface area contributed by atoms with Gasteiger partial charge in [-0.3, -0.25) is 4.79 Å². The van der Waals surface area contributed by atoms with E-state index in [1.54, 1.807) is 12.3 Å². The maximum atomic E-state index is 13.0. The first-order chi connectivity index (χ1) is 11.0. The van der Waals surface area contributed by atoms with Crippen molar-refractivity contribution in [1.29, 1.82) is 0 Å². The van der Waals surface area contributed by atoms with Crippen LogP contribution in [0.5, 0.6) is 0 Å². The summed E-state index contributed by atoms with van der Waals surface area (Å²) in [6, 6.07) is 1.77. The van der Waals surface area contributed by atoms with Gasteiger partial charge in [-0.1, -0.05) is 0 Å². The predicted molar refractivity (Wildman–Crippen MR) is 83.2 cm³/mol. The summed E-state index contributed by atoms with van der Waals surface area (Å²) < 4.78 is 0. The maximum absolute atomic E-state index is 13.0. The summed E-state index contributed by atoms with van der Waals surface area (Å²) in [6.45, 7) is 3.52. The van der Waals surface area contributed by atoms with E-state index < -0.39 is 6.09 Å². The van der Waals surface area contributed by atoms with Crippen molar-refractivity contribution in [3.63, 3.8) is 0 Å². The minimum absolute atomic E-state index is 0.00998. The molecule has 2 amide bonds. The molecule has 0 radical (unpaired) electrons. The van der Waals surface area contributed by atoms with E-state index in [0.717, 1.165) is 16.6 Å². The van der Waals surface area contributed by atoms with E-state index in [2.05, 4.69) is 16.9 Å². The molecule has 2 aliphatic rings. The second kappa shape index (κ2) is 4.71. The number of nitrogens with zero attached hydrogens (tertiary/aromatic N) is 3. The fourth-order valence-electron chi connectivity index (χ4n) is 3.70. The zero-order valence-corrected chi connectivity index (χ0v) is 12.9. The molecule has 2 aromatic rings. The van der Waals surface area contributed by atoms with Gasteiger partial charge in [0.2, 0.25) is 0 Å². The van der Waals surface area contributed by atoms with E-state index >= 15 is 0 Å². The summed E-state index contributed by atoms with van der Waals surface area (Å²) in [4.78, 5) is 34.8. The van der Waals surface area contributed by atoms with Crippen molar-refractivity contribution in [2.45, 2.75) is 31.8 Å².